The van der Waals surface area contributed by atoms with E-state index < -0.39 is 5.97 Å². The fourth-order valence-corrected chi connectivity index (χ4v) is 1.85. The number of hydrogen-bond acceptors (Lipinski definition) is 2. The summed E-state index contributed by atoms with van der Waals surface area (Å²) >= 11 is 3.76. The third-order valence-electron chi connectivity index (χ3n) is 1.27. The van der Waals surface area contributed by atoms with Crippen molar-refractivity contribution in [2.45, 2.75) is 0 Å². The van der Waals surface area contributed by atoms with Crippen molar-refractivity contribution in [2.75, 3.05) is 0 Å². The smallest absolute Gasteiger partial charge is 0.336 e. The Morgan fingerprint density at radius 2 is 1.83 bits per heavy atom. The first kappa shape index (κ1) is 10.0. The third-order valence-corrected chi connectivity index (χ3v) is 3.02. The maximum Gasteiger partial charge on any atom is 0.336 e. The maximum atomic E-state index is 10.6. The van der Waals surface area contributed by atoms with Gasteiger partial charge in [-0.1, -0.05) is 0 Å². The van der Waals surface area contributed by atoms with Crippen LogP contribution in [0.3, 0.4) is 0 Å². The van der Waals surface area contributed by atoms with E-state index in [9.17, 15) is 9.90 Å². The molecule has 2 N–H and O–H groups in total. The average Bonchev–Trinajstić information content (AvgIpc) is 1.96. The Bertz CT molecular complexity index is 336. The summed E-state index contributed by atoms with van der Waals surface area (Å²) in [5.41, 5.74) is 0.220. The molecule has 64 valence electrons. The lowest BCUT2D eigenvalue weighted by molar-refractivity contribution is 0.0695. The minimum Gasteiger partial charge on any atom is -0.507 e. The normalized spacial score (nSPS) is 9.83. The molecule has 0 atom stereocenters. The number of phenolic OH excluding ortho intramolecular Hbond substituents is 1. The standard InChI is InChI=1S/C7H4I2O3/c8-4-2-6(10)5(9)1-3(4)7(11)12/h1-2,10H,(H,11,12). The topological polar surface area (TPSA) is 57.5 Å². The molecule has 0 spiro atoms. The van der Waals surface area contributed by atoms with Crippen LogP contribution in [-0.2, 0) is 0 Å². The van der Waals surface area contributed by atoms with Gasteiger partial charge in [-0.2, -0.15) is 0 Å². The lowest BCUT2D eigenvalue weighted by Crippen LogP contribution is -1.99. The van der Waals surface area contributed by atoms with Gasteiger partial charge >= 0.3 is 5.97 Å². The van der Waals surface area contributed by atoms with E-state index in [4.69, 9.17) is 5.11 Å². The Balaban J connectivity index is 3.33. The van der Waals surface area contributed by atoms with Crippen LogP contribution in [0.1, 0.15) is 10.4 Å². The van der Waals surface area contributed by atoms with E-state index >= 15 is 0 Å². The van der Waals surface area contributed by atoms with E-state index in [1.165, 1.54) is 12.1 Å². The first-order valence-electron chi connectivity index (χ1n) is 2.93. The molecule has 0 aliphatic carbocycles. The van der Waals surface area contributed by atoms with Gasteiger partial charge in [0.1, 0.15) is 5.75 Å². The van der Waals surface area contributed by atoms with Gasteiger partial charge in [0.2, 0.25) is 0 Å². The quantitative estimate of drug-likeness (QED) is 0.724. The zero-order valence-corrected chi connectivity index (χ0v) is 10.0. The van der Waals surface area contributed by atoms with Crippen LogP contribution in [0.4, 0.5) is 0 Å². The van der Waals surface area contributed by atoms with E-state index in [0.717, 1.165) is 0 Å². The second kappa shape index (κ2) is 3.77. The molecule has 0 saturated carbocycles. The first-order valence-corrected chi connectivity index (χ1v) is 5.09. The van der Waals surface area contributed by atoms with Crippen LogP contribution < -0.4 is 0 Å². The Morgan fingerprint density at radius 1 is 1.25 bits per heavy atom. The highest BCUT2D eigenvalue weighted by Gasteiger charge is 2.10. The Morgan fingerprint density at radius 3 is 2.33 bits per heavy atom. The number of aromatic carboxylic acids is 1. The summed E-state index contributed by atoms with van der Waals surface area (Å²) in [6.45, 7) is 0. The zero-order valence-electron chi connectivity index (χ0n) is 5.71. The van der Waals surface area contributed by atoms with Gasteiger partial charge in [-0.05, 0) is 57.3 Å². The predicted molar refractivity (Wildman–Crippen MR) is 60.5 cm³/mol. The SMILES string of the molecule is O=C(O)c1cc(I)c(O)cc1I. The van der Waals surface area contributed by atoms with Crippen molar-refractivity contribution in [1.29, 1.82) is 0 Å². The minimum absolute atomic E-state index is 0.116. The van der Waals surface area contributed by atoms with Gasteiger partial charge < -0.3 is 10.2 Å². The minimum atomic E-state index is -0.975. The van der Waals surface area contributed by atoms with Crippen molar-refractivity contribution in [3.63, 3.8) is 0 Å². The van der Waals surface area contributed by atoms with Crippen LogP contribution in [0.5, 0.6) is 5.75 Å². The van der Waals surface area contributed by atoms with Gasteiger partial charge in [0.15, 0.2) is 0 Å². The van der Waals surface area contributed by atoms with Gasteiger partial charge in [-0.25, -0.2) is 4.79 Å². The van der Waals surface area contributed by atoms with Crippen molar-refractivity contribution in [1.82, 2.24) is 0 Å². The van der Waals surface area contributed by atoms with Crippen LogP contribution in [0, 0.1) is 7.14 Å². The molecule has 5 heteroatoms. The molecular weight excluding hydrogens is 386 g/mol. The molecule has 0 bridgehead atoms. The van der Waals surface area contributed by atoms with E-state index in [-0.39, 0.29) is 11.3 Å². The number of phenols is 1. The highest BCUT2D eigenvalue weighted by atomic mass is 127. The Hall–Kier alpha value is -0.0500. The van der Waals surface area contributed by atoms with Crippen molar-refractivity contribution < 1.29 is 15.0 Å². The number of carbonyl (C=O) groups is 1. The summed E-state index contributed by atoms with van der Waals surface area (Å²) in [4.78, 5) is 10.6. The maximum absolute atomic E-state index is 10.6. The van der Waals surface area contributed by atoms with Gasteiger partial charge in [0, 0.05) is 3.57 Å². The molecule has 0 aliphatic heterocycles. The molecule has 0 unspecified atom stereocenters. The number of halogens is 2. The molecule has 0 aromatic heterocycles. The van der Waals surface area contributed by atoms with Crippen molar-refractivity contribution in [2.24, 2.45) is 0 Å². The second-order valence-electron chi connectivity index (χ2n) is 2.09. The number of carboxylic acids is 1. The molecule has 0 aliphatic rings. The number of benzene rings is 1. The van der Waals surface area contributed by atoms with Crippen LogP contribution in [0.2, 0.25) is 0 Å². The molecular formula is C7H4I2O3. The molecule has 1 rings (SSSR count). The molecule has 0 fully saturated rings. The number of rotatable bonds is 1. The molecule has 1 aromatic rings. The van der Waals surface area contributed by atoms with E-state index in [0.29, 0.717) is 7.14 Å². The fourth-order valence-electron chi connectivity index (χ4n) is 0.700. The van der Waals surface area contributed by atoms with Crippen molar-refractivity contribution in [3.8, 4) is 5.75 Å². The highest BCUT2D eigenvalue weighted by molar-refractivity contribution is 14.1. The molecule has 0 saturated heterocycles. The first-order chi connectivity index (χ1) is 5.52. The van der Waals surface area contributed by atoms with E-state index in [1.54, 1.807) is 0 Å². The van der Waals surface area contributed by atoms with Gasteiger partial charge in [-0.15, -0.1) is 0 Å². The highest BCUT2D eigenvalue weighted by Crippen LogP contribution is 2.25. The van der Waals surface area contributed by atoms with Crippen LogP contribution in [0.25, 0.3) is 0 Å². The van der Waals surface area contributed by atoms with E-state index in [1.807, 2.05) is 45.2 Å². The van der Waals surface area contributed by atoms with Crippen LogP contribution in [-0.4, -0.2) is 16.2 Å². The largest absolute Gasteiger partial charge is 0.507 e. The summed E-state index contributed by atoms with van der Waals surface area (Å²) in [6.07, 6.45) is 0. The fraction of sp³-hybridized carbons (Fsp3) is 0. The van der Waals surface area contributed by atoms with E-state index in [2.05, 4.69) is 0 Å². The lowest BCUT2D eigenvalue weighted by atomic mass is 10.2. The second-order valence-corrected chi connectivity index (χ2v) is 4.41. The summed E-state index contributed by atoms with van der Waals surface area (Å²) < 4.78 is 1.09. The molecule has 0 radical (unpaired) electrons. The van der Waals surface area contributed by atoms with Crippen LogP contribution in [0.15, 0.2) is 12.1 Å². The predicted octanol–water partition coefficient (Wildman–Crippen LogP) is 2.30. The monoisotopic (exact) mass is 390 g/mol. The summed E-state index contributed by atoms with van der Waals surface area (Å²) in [5, 5.41) is 17.9. The number of hydrogen-bond donors (Lipinski definition) is 2. The lowest BCUT2D eigenvalue weighted by Gasteiger charge is -2.01. The van der Waals surface area contributed by atoms with Gasteiger partial charge in [0.05, 0.1) is 9.13 Å². The molecule has 3 nitrogen and oxygen atoms in total. The zero-order chi connectivity index (χ0) is 9.30. The Labute approximate surface area is 96.1 Å². The summed E-state index contributed by atoms with van der Waals surface area (Å²) in [6, 6.07) is 2.88. The summed E-state index contributed by atoms with van der Waals surface area (Å²) in [5.74, 6) is -0.859. The number of aromatic hydroxyl groups is 1. The molecule has 0 amide bonds. The number of carboxylic acid groups (broad SMARTS) is 1. The van der Waals surface area contributed by atoms with Crippen LogP contribution >= 0.6 is 45.2 Å². The molecule has 0 heterocycles. The summed E-state index contributed by atoms with van der Waals surface area (Å²) in [7, 11) is 0. The third kappa shape index (κ3) is 2.00. The molecule has 12 heavy (non-hydrogen) atoms. The van der Waals surface area contributed by atoms with Gasteiger partial charge in [0.25, 0.3) is 0 Å². The molecule has 1 aromatic carbocycles. The van der Waals surface area contributed by atoms with Crippen molar-refractivity contribution >= 4 is 51.2 Å². The average molecular weight is 390 g/mol. The van der Waals surface area contributed by atoms with Crippen molar-refractivity contribution in [3.05, 3.63) is 24.8 Å². The Kier molecular flexibility index (Phi) is 3.16. The van der Waals surface area contributed by atoms with Gasteiger partial charge in [-0.3, -0.25) is 0 Å².